The first kappa shape index (κ1) is 7.07. The Bertz CT molecular complexity index is 80.6. The van der Waals surface area contributed by atoms with Crippen LogP contribution in [0.1, 0.15) is 33.1 Å². The van der Waals surface area contributed by atoms with E-state index in [1.165, 1.54) is 25.8 Å². The van der Waals surface area contributed by atoms with Gasteiger partial charge in [0.1, 0.15) is 0 Å². The van der Waals surface area contributed by atoms with Crippen molar-refractivity contribution in [3.63, 3.8) is 0 Å². The monoisotopic (exact) mass is 127 g/mol. The highest BCUT2D eigenvalue weighted by molar-refractivity contribution is 4.74. The quantitative estimate of drug-likeness (QED) is 0.566. The molecule has 0 aromatic heterocycles. The summed E-state index contributed by atoms with van der Waals surface area (Å²) >= 11 is 0. The molecule has 0 unspecified atom stereocenters. The van der Waals surface area contributed by atoms with Crippen molar-refractivity contribution < 1.29 is 0 Å². The Labute approximate surface area is 57.8 Å². The summed E-state index contributed by atoms with van der Waals surface area (Å²) in [5.74, 6) is 0.955. The molecule has 0 aromatic carbocycles. The maximum atomic E-state index is 3.50. The van der Waals surface area contributed by atoms with E-state index in [1.54, 1.807) is 0 Å². The zero-order valence-electron chi connectivity index (χ0n) is 6.48. The second-order valence-corrected chi connectivity index (χ2v) is 3.19. The normalized spacial score (nSPS) is 36.7. The Morgan fingerprint density at radius 2 is 2.33 bits per heavy atom. The molecule has 54 valence electrons. The van der Waals surface area contributed by atoms with E-state index in [4.69, 9.17) is 0 Å². The Balaban J connectivity index is 2.23. The van der Waals surface area contributed by atoms with Gasteiger partial charge in [0.15, 0.2) is 0 Å². The summed E-state index contributed by atoms with van der Waals surface area (Å²) in [6.07, 6.45) is 4.05. The minimum absolute atomic E-state index is 0.814. The van der Waals surface area contributed by atoms with Gasteiger partial charge >= 0.3 is 0 Å². The summed E-state index contributed by atoms with van der Waals surface area (Å²) in [5.41, 5.74) is 0. The lowest BCUT2D eigenvalue weighted by Gasteiger charge is -2.26. The number of nitrogens with one attached hydrogen (secondary N) is 1. The van der Waals surface area contributed by atoms with Crippen molar-refractivity contribution in [1.82, 2.24) is 5.32 Å². The largest absolute Gasteiger partial charge is 0.314 e. The molecule has 1 heterocycles. The molecule has 1 heteroatoms. The van der Waals surface area contributed by atoms with Crippen LogP contribution in [0.2, 0.25) is 0 Å². The summed E-state index contributed by atoms with van der Waals surface area (Å²) < 4.78 is 0. The van der Waals surface area contributed by atoms with Gasteiger partial charge in [0.25, 0.3) is 0 Å². The van der Waals surface area contributed by atoms with Crippen LogP contribution in [0, 0.1) is 5.92 Å². The molecular formula is C8H17N. The SMILES string of the molecule is CC[C@H]1C[C@@H](C)CCN1. The van der Waals surface area contributed by atoms with Crippen molar-refractivity contribution in [3.8, 4) is 0 Å². The first-order valence-corrected chi connectivity index (χ1v) is 4.06. The van der Waals surface area contributed by atoms with Crippen molar-refractivity contribution in [2.75, 3.05) is 6.54 Å². The molecule has 1 fully saturated rings. The molecule has 1 N–H and O–H groups in total. The van der Waals surface area contributed by atoms with E-state index in [0.29, 0.717) is 0 Å². The van der Waals surface area contributed by atoms with Crippen molar-refractivity contribution in [2.45, 2.75) is 39.2 Å². The van der Waals surface area contributed by atoms with E-state index in [9.17, 15) is 0 Å². The molecule has 0 spiro atoms. The Morgan fingerprint density at radius 1 is 1.56 bits per heavy atom. The van der Waals surface area contributed by atoms with Gasteiger partial charge in [0, 0.05) is 6.04 Å². The zero-order chi connectivity index (χ0) is 6.69. The van der Waals surface area contributed by atoms with Crippen LogP contribution in [0.4, 0.5) is 0 Å². The van der Waals surface area contributed by atoms with Crippen LogP contribution < -0.4 is 5.32 Å². The molecule has 0 saturated carbocycles. The first-order chi connectivity index (χ1) is 4.33. The Kier molecular flexibility index (Phi) is 2.52. The highest BCUT2D eigenvalue weighted by Gasteiger charge is 2.15. The van der Waals surface area contributed by atoms with E-state index in [2.05, 4.69) is 19.2 Å². The van der Waals surface area contributed by atoms with Crippen LogP contribution in [0.15, 0.2) is 0 Å². The third kappa shape index (κ3) is 1.98. The smallest absolute Gasteiger partial charge is 0.00669 e. The standard InChI is InChI=1S/C8H17N/c1-3-8-6-7(2)4-5-9-8/h7-9H,3-6H2,1-2H3/t7-,8-/m0/s1. The summed E-state index contributed by atoms with van der Waals surface area (Å²) in [7, 11) is 0. The molecule has 0 bridgehead atoms. The van der Waals surface area contributed by atoms with Gasteiger partial charge in [-0.25, -0.2) is 0 Å². The van der Waals surface area contributed by atoms with Gasteiger partial charge in [0.05, 0.1) is 0 Å². The minimum Gasteiger partial charge on any atom is -0.314 e. The first-order valence-electron chi connectivity index (χ1n) is 4.06. The van der Waals surface area contributed by atoms with Crippen LogP contribution in [-0.4, -0.2) is 12.6 Å². The maximum Gasteiger partial charge on any atom is 0.00669 e. The van der Waals surface area contributed by atoms with Crippen molar-refractivity contribution >= 4 is 0 Å². The fourth-order valence-electron chi connectivity index (χ4n) is 1.53. The number of hydrogen-bond acceptors (Lipinski definition) is 1. The molecule has 1 rings (SSSR count). The van der Waals surface area contributed by atoms with E-state index >= 15 is 0 Å². The molecule has 1 aliphatic rings. The second-order valence-electron chi connectivity index (χ2n) is 3.19. The van der Waals surface area contributed by atoms with Gasteiger partial charge in [0.2, 0.25) is 0 Å². The average Bonchev–Trinajstić information content (AvgIpc) is 1.88. The highest BCUT2D eigenvalue weighted by atomic mass is 14.9. The van der Waals surface area contributed by atoms with Gasteiger partial charge < -0.3 is 5.32 Å². The van der Waals surface area contributed by atoms with Crippen molar-refractivity contribution in [3.05, 3.63) is 0 Å². The van der Waals surface area contributed by atoms with E-state index < -0.39 is 0 Å². The summed E-state index contributed by atoms with van der Waals surface area (Å²) in [6, 6.07) is 0.814. The van der Waals surface area contributed by atoms with Gasteiger partial charge in [-0.15, -0.1) is 0 Å². The third-order valence-corrected chi connectivity index (χ3v) is 2.25. The van der Waals surface area contributed by atoms with Crippen LogP contribution in [0.25, 0.3) is 0 Å². The number of hydrogen-bond donors (Lipinski definition) is 1. The molecule has 1 aliphatic heterocycles. The number of rotatable bonds is 1. The zero-order valence-corrected chi connectivity index (χ0v) is 6.48. The van der Waals surface area contributed by atoms with Crippen LogP contribution >= 0.6 is 0 Å². The lowest BCUT2D eigenvalue weighted by atomic mass is 9.93. The minimum atomic E-state index is 0.814. The summed E-state index contributed by atoms with van der Waals surface area (Å²) in [6.45, 7) is 5.85. The van der Waals surface area contributed by atoms with E-state index in [1.807, 2.05) is 0 Å². The average molecular weight is 127 g/mol. The molecule has 0 aromatic rings. The molecule has 9 heavy (non-hydrogen) atoms. The predicted molar refractivity (Wildman–Crippen MR) is 40.5 cm³/mol. The van der Waals surface area contributed by atoms with Gasteiger partial charge in [-0.05, 0) is 31.7 Å². The topological polar surface area (TPSA) is 12.0 Å². The van der Waals surface area contributed by atoms with Gasteiger partial charge in [-0.2, -0.15) is 0 Å². The summed E-state index contributed by atoms with van der Waals surface area (Å²) in [4.78, 5) is 0. The molecule has 0 radical (unpaired) electrons. The van der Waals surface area contributed by atoms with Crippen molar-refractivity contribution in [1.29, 1.82) is 0 Å². The third-order valence-electron chi connectivity index (χ3n) is 2.25. The van der Waals surface area contributed by atoms with E-state index in [-0.39, 0.29) is 0 Å². The lowest BCUT2D eigenvalue weighted by Crippen LogP contribution is -2.36. The van der Waals surface area contributed by atoms with Crippen LogP contribution in [0.3, 0.4) is 0 Å². The predicted octanol–water partition coefficient (Wildman–Crippen LogP) is 1.78. The fourth-order valence-corrected chi connectivity index (χ4v) is 1.53. The molecule has 1 saturated heterocycles. The molecule has 1 nitrogen and oxygen atoms in total. The Hall–Kier alpha value is -0.0400. The second kappa shape index (κ2) is 3.21. The molecule has 0 amide bonds. The number of piperidine rings is 1. The van der Waals surface area contributed by atoms with Gasteiger partial charge in [-0.1, -0.05) is 13.8 Å². The molecule has 2 atom stereocenters. The molecule has 0 aliphatic carbocycles. The van der Waals surface area contributed by atoms with Crippen LogP contribution in [-0.2, 0) is 0 Å². The summed E-state index contributed by atoms with van der Waals surface area (Å²) in [5, 5.41) is 3.50. The molecular weight excluding hydrogens is 110 g/mol. The van der Waals surface area contributed by atoms with Crippen LogP contribution in [0.5, 0.6) is 0 Å². The van der Waals surface area contributed by atoms with Gasteiger partial charge in [-0.3, -0.25) is 0 Å². The van der Waals surface area contributed by atoms with E-state index in [0.717, 1.165) is 12.0 Å². The highest BCUT2D eigenvalue weighted by Crippen LogP contribution is 2.16. The lowest BCUT2D eigenvalue weighted by molar-refractivity contribution is 0.314. The maximum absolute atomic E-state index is 3.50. The van der Waals surface area contributed by atoms with Crippen molar-refractivity contribution in [2.24, 2.45) is 5.92 Å². The Morgan fingerprint density at radius 3 is 2.78 bits per heavy atom. The fraction of sp³-hybridized carbons (Fsp3) is 1.00.